The van der Waals surface area contributed by atoms with Crippen LogP contribution in [0.1, 0.15) is 82.8 Å². The van der Waals surface area contributed by atoms with Gasteiger partial charge in [0, 0.05) is 11.8 Å². The predicted molar refractivity (Wildman–Crippen MR) is 92.1 cm³/mol. The number of ketones is 1. The molecule has 0 spiro atoms. The molecular formula is C21H30O. The molecule has 4 unspecified atom stereocenters. The van der Waals surface area contributed by atoms with Crippen molar-refractivity contribution in [3.63, 3.8) is 0 Å². The Kier molecular flexibility index (Phi) is 4.18. The van der Waals surface area contributed by atoms with Crippen LogP contribution < -0.4 is 0 Å². The molecule has 0 amide bonds. The first-order valence-corrected chi connectivity index (χ1v) is 9.23. The van der Waals surface area contributed by atoms with Crippen LogP contribution in [-0.4, -0.2) is 5.78 Å². The quantitative estimate of drug-likeness (QED) is 0.600. The molecule has 0 heterocycles. The second-order valence-corrected chi connectivity index (χ2v) is 7.56. The maximum Gasteiger partial charge on any atom is 0.139 e. The van der Waals surface area contributed by atoms with Gasteiger partial charge in [0.15, 0.2) is 0 Å². The van der Waals surface area contributed by atoms with Crippen molar-refractivity contribution in [2.45, 2.75) is 71.6 Å². The first-order chi connectivity index (χ1) is 10.6. The molecule has 4 rings (SSSR count). The van der Waals surface area contributed by atoms with Gasteiger partial charge in [0.1, 0.15) is 5.78 Å². The van der Waals surface area contributed by atoms with E-state index >= 15 is 0 Å². The zero-order valence-electron chi connectivity index (χ0n) is 14.6. The van der Waals surface area contributed by atoms with Crippen molar-refractivity contribution in [2.24, 2.45) is 17.3 Å². The van der Waals surface area contributed by atoms with E-state index in [9.17, 15) is 4.79 Å². The fourth-order valence-electron chi connectivity index (χ4n) is 5.61. The Labute approximate surface area is 135 Å². The Balaban J connectivity index is 0.000000693. The van der Waals surface area contributed by atoms with Crippen LogP contribution in [0.25, 0.3) is 0 Å². The van der Waals surface area contributed by atoms with Crippen LogP contribution in [0, 0.1) is 17.3 Å². The molecule has 1 heteroatoms. The highest BCUT2D eigenvalue weighted by Crippen LogP contribution is 2.60. The van der Waals surface area contributed by atoms with E-state index in [-0.39, 0.29) is 5.41 Å². The molecule has 2 fully saturated rings. The highest BCUT2D eigenvalue weighted by molar-refractivity contribution is 5.87. The van der Waals surface area contributed by atoms with E-state index in [0.29, 0.717) is 23.5 Å². The lowest BCUT2D eigenvalue weighted by Crippen LogP contribution is -2.42. The van der Waals surface area contributed by atoms with Crippen molar-refractivity contribution >= 4 is 5.78 Å². The monoisotopic (exact) mass is 298 g/mol. The summed E-state index contributed by atoms with van der Waals surface area (Å²) in [4.78, 5) is 12.3. The average molecular weight is 298 g/mol. The van der Waals surface area contributed by atoms with Gasteiger partial charge in [-0.3, -0.25) is 4.79 Å². The van der Waals surface area contributed by atoms with Gasteiger partial charge in [-0.2, -0.15) is 0 Å². The van der Waals surface area contributed by atoms with E-state index < -0.39 is 0 Å². The number of carbonyl (C=O) groups excluding carboxylic acids is 1. The van der Waals surface area contributed by atoms with E-state index in [1.165, 1.54) is 12.8 Å². The molecule has 2 saturated carbocycles. The molecule has 22 heavy (non-hydrogen) atoms. The summed E-state index contributed by atoms with van der Waals surface area (Å²) in [7, 11) is 0. The van der Waals surface area contributed by atoms with Gasteiger partial charge in [-0.15, -0.1) is 0 Å². The van der Waals surface area contributed by atoms with Gasteiger partial charge in [-0.1, -0.05) is 52.0 Å². The van der Waals surface area contributed by atoms with Gasteiger partial charge in [-0.05, 0) is 60.5 Å². The van der Waals surface area contributed by atoms with Gasteiger partial charge in [0.25, 0.3) is 0 Å². The highest BCUT2D eigenvalue weighted by atomic mass is 16.1. The van der Waals surface area contributed by atoms with E-state index in [2.05, 4.69) is 38.1 Å². The van der Waals surface area contributed by atoms with Gasteiger partial charge >= 0.3 is 0 Å². The molecule has 120 valence electrons. The molecule has 0 bridgehead atoms. The predicted octanol–water partition coefficient (Wildman–Crippen LogP) is 5.70. The third-order valence-electron chi connectivity index (χ3n) is 6.70. The second-order valence-electron chi connectivity index (χ2n) is 7.56. The third-order valence-corrected chi connectivity index (χ3v) is 6.70. The minimum atomic E-state index is 0.00711. The summed E-state index contributed by atoms with van der Waals surface area (Å²) < 4.78 is 0. The number of fused-ring (bicyclic) bond motifs is 5. The zero-order valence-corrected chi connectivity index (χ0v) is 14.6. The lowest BCUT2D eigenvalue weighted by molar-refractivity contribution is -0.129. The number of rotatable bonds is 0. The fraction of sp³-hybridized carbons (Fsp3) is 0.667. The fourth-order valence-corrected chi connectivity index (χ4v) is 5.61. The van der Waals surface area contributed by atoms with Crippen LogP contribution in [0.4, 0.5) is 0 Å². The first kappa shape index (κ1) is 15.8. The zero-order chi connectivity index (χ0) is 15.9. The van der Waals surface area contributed by atoms with Crippen molar-refractivity contribution in [1.82, 2.24) is 0 Å². The lowest BCUT2D eigenvalue weighted by Gasteiger charge is -2.49. The minimum absolute atomic E-state index is 0.00711. The Morgan fingerprint density at radius 3 is 2.50 bits per heavy atom. The molecule has 0 N–H and O–H groups in total. The van der Waals surface area contributed by atoms with Crippen LogP contribution >= 0.6 is 0 Å². The molecular weight excluding hydrogens is 268 g/mol. The van der Waals surface area contributed by atoms with E-state index in [4.69, 9.17) is 0 Å². The summed E-state index contributed by atoms with van der Waals surface area (Å²) in [5.41, 5.74) is 3.17. The molecule has 3 aliphatic rings. The van der Waals surface area contributed by atoms with Gasteiger partial charge in [0.05, 0.1) is 0 Å². The molecule has 1 nitrogen and oxygen atoms in total. The van der Waals surface area contributed by atoms with Gasteiger partial charge in [0.2, 0.25) is 0 Å². The van der Waals surface area contributed by atoms with Crippen LogP contribution in [0.2, 0.25) is 0 Å². The number of hydrogen-bond acceptors (Lipinski definition) is 1. The maximum atomic E-state index is 12.3. The molecule has 5 atom stereocenters. The normalized spacial score (nSPS) is 39.2. The summed E-state index contributed by atoms with van der Waals surface area (Å²) >= 11 is 0. The molecule has 3 aliphatic carbocycles. The third kappa shape index (κ3) is 2.16. The SMILES string of the molecule is CC.CC1CC2C3CCC(=O)C3(C)CC[C@@H]2c2ccccc21. The largest absolute Gasteiger partial charge is 0.299 e. The smallest absolute Gasteiger partial charge is 0.139 e. The molecule has 1 aromatic carbocycles. The van der Waals surface area contributed by atoms with Crippen LogP contribution in [0.15, 0.2) is 24.3 Å². The van der Waals surface area contributed by atoms with Gasteiger partial charge in [-0.25, -0.2) is 0 Å². The topological polar surface area (TPSA) is 17.1 Å². The average Bonchev–Trinajstić information content (AvgIpc) is 2.86. The Morgan fingerprint density at radius 1 is 1.09 bits per heavy atom. The lowest BCUT2D eigenvalue weighted by atomic mass is 9.54. The summed E-state index contributed by atoms with van der Waals surface area (Å²) in [5.74, 6) is 3.30. The number of Topliss-reactive ketones (excluding diaryl/α,β-unsaturated/α-hetero) is 1. The molecule has 0 aliphatic heterocycles. The van der Waals surface area contributed by atoms with Gasteiger partial charge < -0.3 is 0 Å². The number of hydrogen-bond donors (Lipinski definition) is 0. The molecule has 0 radical (unpaired) electrons. The van der Waals surface area contributed by atoms with Crippen LogP contribution in [-0.2, 0) is 4.79 Å². The Morgan fingerprint density at radius 2 is 1.77 bits per heavy atom. The summed E-state index contributed by atoms with van der Waals surface area (Å²) in [6.45, 7) is 8.63. The van der Waals surface area contributed by atoms with Crippen LogP contribution in [0.3, 0.4) is 0 Å². The number of carbonyl (C=O) groups is 1. The van der Waals surface area contributed by atoms with Crippen LogP contribution in [0.5, 0.6) is 0 Å². The summed E-state index contributed by atoms with van der Waals surface area (Å²) in [6, 6.07) is 9.05. The molecule has 0 saturated heterocycles. The second kappa shape index (κ2) is 5.83. The first-order valence-electron chi connectivity index (χ1n) is 9.23. The van der Waals surface area contributed by atoms with Crippen molar-refractivity contribution in [2.75, 3.05) is 0 Å². The van der Waals surface area contributed by atoms with Crippen molar-refractivity contribution < 1.29 is 4.79 Å². The van der Waals surface area contributed by atoms with Crippen molar-refractivity contribution in [3.05, 3.63) is 35.4 Å². The standard InChI is InChI=1S/C19H24O.C2H6/c1-12-11-16-15(14-6-4-3-5-13(12)14)9-10-19(2)17(16)7-8-18(19)20;1-2/h3-6,12,15-17H,7-11H2,1-2H3;1-2H3/t12?,15-,16?,17?,19?;/m1./s1. The highest BCUT2D eigenvalue weighted by Gasteiger charge is 2.55. The van der Waals surface area contributed by atoms with E-state index in [1.807, 2.05) is 13.8 Å². The summed E-state index contributed by atoms with van der Waals surface area (Å²) in [6.07, 6.45) is 5.59. The molecule has 1 aromatic rings. The Bertz CT molecular complexity index is 561. The Hall–Kier alpha value is -1.11. The number of benzene rings is 1. The molecule has 0 aromatic heterocycles. The maximum absolute atomic E-state index is 12.3. The van der Waals surface area contributed by atoms with E-state index in [0.717, 1.165) is 25.2 Å². The van der Waals surface area contributed by atoms with Crippen molar-refractivity contribution in [3.8, 4) is 0 Å². The minimum Gasteiger partial charge on any atom is -0.299 e. The summed E-state index contributed by atoms with van der Waals surface area (Å²) in [5, 5.41) is 0. The van der Waals surface area contributed by atoms with Crippen molar-refractivity contribution in [1.29, 1.82) is 0 Å². The van der Waals surface area contributed by atoms with E-state index in [1.54, 1.807) is 11.1 Å².